The number of rotatable bonds is 8. The first-order valence-electron chi connectivity index (χ1n) is 11.1. The minimum Gasteiger partial charge on any atom is -0.376 e. The second-order valence-corrected chi connectivity index (χ2v) is 9.98. The molecule has 4 fully saturated rings. The summed E-state index contributed by atoms with van der Waals surface area (Å²) < 4.78 is 6.68. The van der Waals surface area contributed by atoms with E-state index in [-0.39, 0.29) is 17.9 Å². The molecule has 1 aromatic rings. The molecule has 5 rings (SSSR count). The van der Waals surface area contributed by atoms with Crippen LogP contribution in [0.15, 0.2) is 17.5 Å². The Kier molecular flexibility index (Phi) is 6.12. The van der Waals surface area contributed by atoms with E-state index in [1.54, 1.807) is 0 Å². The van der Waals surface area contributed by atoms with E-state index < -0.39 is 5.60 Å². The summed E-state index contributed by atoms with van der Waals surface area (Å²) >= 11 is 1.50. The van der Waals surface area contributed by atoms with Crippen molar-refractivity contribution < 1.29 is 19.1 Å². The molecule has 0 aromatic carbocycles. The van der Waals surface area contributed by atoms with Gasteiger partial charge >= 0.3 is 0 Å². The summed E-state index contributed by atoms with van der Waals surface area (Å²) in [5.41, 5.74) is -1.37. The highest BCUT2D eigenvalue weighted by Gasteiger charge is 2.51. The molecule has 2 bridgehead atoms. The van der Waals surface area contributed by atoms with Gasteiger partial charge in [0.2, 0.25) is 0 Å². The Morgan fingerprint density at radius 3 is 2.71 bits per heavy atom. The SMILES string of the molecule is CCOCC[N+]12CCC(CC1)[C@@H](NC(=O)[C@](O)(c1cccs1)C1CCCC1)C2. The standard InChI is InChI=1S/C22H34N2O3S/c1-2-27-14-13-24-11-9-17(10-12-24)19(16-24)23-21(25)22(26,18-6-3-4-7-18)20-8-5-15-28-20/h5,8,15,17-19,26H,2-4,6-7,9-14,16H2,1H3/p+1/t17?,19-,22+,24?/m0/s1. The third kappa shape index (κ3) is 3.76. The van der Waals surface area contributed by atoms with Crippen LogP contribution in [-0.2, 0) is 15.1 Å². The molecule has 2 atom stereocenters. The average molecular weight is 408 g/mol. The molecule has 1 saturated carbocycles. The Morgan fingerprint density at radius 2 is 2.07 bits per heavy atom. The molecule has 28 heavy (non-hydrogen) atoms. The van der Waals surface area contributed by atoms with Crippen LogP contribution in [0.3, 0.4) is 0 Å². The second kappa shape index (κ2) is 8.42. The van der Waals surface area contributed by atoms with E-state index in [4.69, 9.17) is 4.74 Å². The Hall–Kier alpha value is -0.950. The highest BCUT2D eigenvalue weighted by Crippen LogP contribution is 2.43. The summed E-state index contributed by atoms with van der Waals surface area (Å²) in [5, 5.41) is 16.9. The van der Waals surface area contributed by atoms with E-state index in [1.807, 2.05) is 24.4 Å². The number of thiophene rings is 1. The molecule has 6 heteroatoms. The molecule has 5 nitrogen and oxygen atoms in total. The van der Waals surface area contributed by atoms with E-state index in [2.05, 4.69) is 5.32 Å². The first-order valence-corrected chi connectivity index (χ1v) is 12.0. The number of fused-ring (bicyclic) bond motifs is 3. The molecule has 3 aliphatic heterocycles. The molecular formula is C22H35N2O3S+. The van der Waals surface area contributed by atoms with E-state index in [1.165, 1.54) is 24.4 Å². The molecule has 156 valence electrons. The molecular weight excluding hydrogens is 372 g/mol. The van der Waals surface area contributed by atoms with Crippen molar-refractivity contribution in [2.75, 3.05) is 39.4 Å². The van der Waals surface area contributed by atoms with Crippen LogP contribution in [0.4, 0.5) is 0 Å². The van der Waals surface area contributed by atoms with Crippen LogP contribution in [0.1, 0.15) is 50.3 Å². The second-order valence-electron chi connectivity index (χ2n) is 9.03. The maximum absolute atomic E-state index is 13.5. The summed E-state index contributed by atoms with van der Waals surface area (Å²) in [7, 11) is 0. The Labute approximate surface area is 172 Å². The normalized spacial score (nSPS) is 32.4. The fourth-order valence-electron chi connectivity index (χ4n) is 5.78. The number of hydrogen-bond donors (Lipinski definition) is 2. The van der Waals surface area contributed by atoms with Crippen LogP contribution >= 0.6 is 11.3 Å². The quantitative estimate of drug-likeness (QED) is 0.515. The van der Waals surface area contributed by atoms with Crippen LogP contribution in [-0.4, -0.2) is 60.9 Å². The van der Waals surface area contributed by atoms with Gasteiger partial charge in [-0.15, -0.1) is 11.3 Å². The van der Waals surface area contributed by atoms with E-state index in [0.29, 0.717) is 5.92 Å². The highest BCUT2D eigenvalue weighted by atomic mass is 32.1. The smallest absolute Gasteiger partial charge is 0.258 e. The Balaban J connectivity index is 1.48. The number of carbonyl (C=O) groups is 1. The first-order chi connectivity index (χ1) is 13.6. The molecule has 0 spiro atoms. The number of quaternary nitrogens is 1. The van der Waals surface area contributed by atoms with Crippen LogP contribution in [0.25, 0.3) is 0 Å². The Morgan fingerprint density at radius 1 is 1.32 bits per heavy atom. The maximum atomic E-state index is 13.5. The third-order valence-electron chi connectivity index (χ3n) is 7.52. The topological polar surface area (TPSA) is 58.6 Å². The van der Waals surface area contributed by atoms with Gasteiger partial charge in [0.1, 0.15) is 6.54 Å². The molecule has 1 aliphatic carbocycles. The summed E-state index contributed by atoms with van der Waals surface area (Å²) in [5.74, 6) is 0.420. The molecule has 4 heterocycles. The zero-order valence-corrected chi connectivity index (χ0v) is 17.9. The van der Waals surface area contributed by atoms with Crippen LogP contribution in [0.5, 0.6) is 0 Å². The van der Waals surface area contributed by atoms with Crippen molar-refractivity contribution in [3.05, 3.63) is 22.4 Å². The van der Waals surface area contributed by atoms with E-state index in [9.17, 15) is 9.90 Å². The van der Waals surface area contributed by atoms with Gasteiger partial charge in [0, 0.05) is 30.2 Å². The predicted molar refractivity (Wildman–Crippen MR) is 111 cm³/mol. The number of piperidine rings is 3. The van der Waals surface area contributed by atoms with Crippen molar-refractivity contribution >= 4 is 17.2 Å². The van der Waals surface area contributed by atoms with Crippen LogP contribution in [0, 0.1) is 11.8 Å². The zero-order valence-electron chi connectivity index (χ0n) is 17.1. The number of carbonyl (C=O) groups excluding carboxylic acids is 1. The summed E-state index contributed by atoms with van der Waals surface area (Å²) in [6.45, 7) is 8.00. The van der Waals surface area contributed by atoms with Crippen molar-refractivity contribution in [3.8, 4) is 0 Å². The van der Waals surface area contributed by atoms with Gasteiger partial charge in [0.05, 0.1) is 32.3 Å². The summed E-state index contributed by atoms with van der Waals surface area (Å²) in [6, 6.07) is 4.04. The predicted octanol–water partition coefficient (Wildman–Crippen LogP) is 2.89. The average Bonchev–Trinajstić information content (AvgIpc) is 3.43. The van der Waals surface area contributed by atoms with Crippen LogP contribution in [0.2, 0.25) is 0 Å². The highest BCUT2D eigenvalue weighted by molar-refractivity contribution is 7.10. The van der Waals surface area contributed by atoms with Gasteiger partial charge in [-0.2, -0.15) is 0 Å². The number of nitrogens with zero attached hydrogens (tertiary/aromatic N) is 1. The van der Waals surface area contributed by atoms with Crippen molar-refractivity contribution in [1.29, 1.82) is 0 Å². The van der Waals surface area contributed by atoms with Crippen molar-refractivity contribution in [2.45, 2.75) is 57.1 Å². The molecule has 4 aliphatic rings. The lowest BCUT2D eigenvalue weighted by atomic mass is 9.79. The van der Waals surface area contributed by atoms with Gasteiger partial charge < -0.3 is 19.6 Å². The number of aliphatic hydroxyl groups is 1. The number of hydrogen-bond acceptors (Lipinski definition) is 4. The fraction of sp³-hybridized carbons (Fsp3) is 0.773. The summed E-state index contributed by atoms with van der Waals surface area (Å²) in [6.07, 6.45) is 6.41. The minimum atomic E-state index is -1.37. The lowest BCUT2D eigenvalue weighted by molar-refractivity contribution is -0.944. The number of nitrogens with one attached hydrogen (secondary N) is 1. The number of ether oxygens (including phenoxy) is 1. The first kappa shape index (κ1) is 20.3. The maximum Gasteiger partial charge on any atom is 0.258 e. The van der Waals surface area contributed by atoms with E-state index >= 15 is 0 Å². The molecule has 3 saturated heterocycles. The van der Waals surface area contributed by atoms with Gasteiger partial charge in [0.15, 0.2) is 5.60 Å². The summed E-state index contributed by atoms with van der Waals surface area (Å²) in [4.78, 5) is 14.3. The molecule has 0 unspecified atom stereocenters. The monoisotopic (exact) mass is 407 g/mol. The zero-order chi connectivity index (χ0) is 19.6. The Bertz CT molecular complexity index is 651. The minimum absolute atomic E-state index is 0.0355. The molecule has 2 N–H and O–H groups in total. The van der Waals surface area contributed by atoms with Gasteiger partial charge in [-0.1, -0.05) is 18.9 Å². The third-order valence-corrected chi connectivity index (χ3v) is 8.52. The molecule has 1 aromatic heterocycles. The van der Waals surface area contributed by atoms with Crippen molar-refractivity contribution in [1.82, 2.24) is 5.32 Å². The van der Waals surface area contributed by atoms with Gasteiger partial charge in [-0.25, -0.2) is 0 Å². The molecule has 1 amide bonds. The van der Waals surface area contributed by atoms with Crippen molar-refractivity contribution in [2.24, 2.45) is 11.8 Å². The van der Waals surface area contributed by atoms with Gasteiger partial charge in [-0.05, 0) is 37.1 Å². The van der Waals surface area contributed by atoms with Gasteiger partial charge in [-0.3, -0.25) is 4.79 Å². The largest absolute Gasteiger partial charge is 0.376 e. The number of amides is 1. The lowest BCUT2D eigenvalue weighted by Gasteiger charge is -2.53. The lowest BCUT2D eigenvalue weighted by Crippen LogP contribution is -2.69. The van der Waals surface area contributed by atoms with Crippen molar-refractivity contribution in [3.63, 3.8) is 0 Å². The molecule has 0 radical (unpaired) electrons. The van der Waals surface area contributed by atoms with Gasteiger partial charge in [0.25, 0.3) is 5.91 Å². The van der Waals surface area contributed by atoms with Crippen LogP contribution < -0.4 is 5.32 Å². The van der Waals surface area contributed by atoms with E-state index in [0.717, 1.165) is 74.2 Å². The fourth-order valence-corrected chi connectivity index (χ4v) is 6.68.